The van der Waals surface area contributed by atoms with Gasteiger partial charge in [0.25, 0.3) is 0 Å². The number of benzene rings is 1. The van der Waals surface area contributed by atoms with Gasteiger partial charge in [0.05, 0.1) is 5.92 Å². The van der Waals surface area contributed by atoms with Crippen LogP contribution in [-0.4, -0.2) is 47.1 Å². The summed E-state index contributed by atoms with van der Waals surface area (Å²) in [6.07, 6.45) is 4.56. The number of hydrogen-bond donors (Lipinski definition) is 5. The monoisotopic (exact) mass is 386 g/mol. The molecule has 2 aromatic rings. The summed E-state index contributed by atoms with van der Waals surface area (Å²) in [5, 5.41) is 18.3. The lowest BCUT2D eigenvalue weighted by Gasteiger charge is -2.27. The number of likely N-dealkylation sites (N-methyl/N-ethyl adjacent to an activating group) is 1. The number of aromatic nitrogens is 1. The number of carbonyl (C=O) groups is 3. The van der Waals surface area contributed by atoms with Crippen LogP contribution in [-0.2, 0) is 16.0 Å². The van der Waals surface area contributed by atoms with Gasteiger partial charge in [-0.1, -0.05) is 18.2 Å². The third-order valence-corrected chi connectivity index (χ3v) is 5.38. The van der Waals surface area contributed by atoms with E-state index >= 15 is 0 Å². The maximum Gasteiger partial charge on any atom is 0.315 e. The number of amides is 3. The highest BCUT2D eigenvalue weighted by atomic mass is 16.4. The van der Waals surface area contributed by atoms with E-state index in [1.54, 1.807) is 0 Å². The van der Waals surface area contributed by atoms with Crippen LogP contribution in [0.25, 0.3) is 10.9 Å². The van der Waals surface area contributed by atoms with Crippen LogP contribution in [0.1, 0.15) is 31.2 Å². The van der Waals surface area contributed by atoms with Crippen molar-refractivity contribution in [2.24, 2.45) is 5.92 Å². The first-order valence-electron chi connectivity index (χ1n) is 9.54. The SMILES string of the molecule is CNC(=O)[C@H](Cc1c[nH]c2ccccc12)NC(=O)NC1CCC(C(=O)O)CC1. The van der Waals surface area contributed by atoms with Crippen LogP contribution in [0.15, 0.2) is 30.5 Å². The number of hydrogen-bond acceptors (Lipinski definition) is 3. The van der Waals surface area contributed by atoms with E-state index in [9.17, 15) is 14.4 Å². The number of H-pyrrole nitrogens is 1. The quantitative estimate of drug-likeness (QED) is 0.519. The third kappa shape index (κ3) is 4.62. The number of urea groups is 1. The molecule has 8 heteroatoms. The standard InChI is InChI=1S/C20H26N4O4/c1-21-18(25)17(10-13-11-22-16-5-3-2-4-15(13)16)24-20(28)23-14-8-6-12(7-9-14)19(26)27/h2-5,11-12,14,17,22H,6-10H2,1H3,(H,21,25)(H,26,27)(H2,23,24,28)/t12?,14?,17-/m0/s1. The number of fused-ring (bicyclic) bond motifs is 1. The number of nitrogens with one attached hydrogen (secondary N) is 4. The van der Waals surface area contributed by atoms with Gasteiger partial charge in [-0.05, 0) is 37.3 Å². The fourth-order valence-corrected chi connectivity index (χ4v) is 3.77. The molecule has 0 aliphatic heterocycles. The minimum absolute atomic E-state index is 0.0750. The second-order valence-corrected chi connectivity index (χ2v) is 7.24. The van der Waals surface area contributed by atoms with Gasteiger partial charge in [0.2, 0.25) is 5.91 Å². The third-order valence-electron chi connectivity index (χ3n) is 5.38. The van der Waals surface area contributed by atoms with Gasteiger partial charge >= 0.3 is 12.0 Å². The summed E-state index contributed by atoms with van der Waals surface area (Å²) in [5.41, 5.74) is 1.93. The predicted octanol–water partition coefficient (Wildman–Crippen LogP) is 1.77. The molecule has 1 aromatic carbocycles. The summed E-state index contributed by atoms with van der Waals surface area (Å²) in [4.78, 5) is 38.9. The van der Waals surface area contributed by atoms with Crippen molar-refractivity contribution in [1.82, 2.24) is 20.9 Å². The number of aliphatic carboxylic acids is 1. The number of carboxylic acid groups (broad SMARTS) is 1. The average molecular weight is 386 g/mol. The first kappa shape index (κ1) is 19.7. The van der Waals surface area contributed by atoms with Crippen molar-refractivity contribution in [1.29, 1.82) is 0 Å². The number of carboxylic acids is 1. The number of rotatable bonds is 6. The Hall–Kier alpha value is -3.03. The van der Waals surface area contributed by atoms with Crippen molar-refractivity contribution in [2.45, 2.75) is 44.2 Å². The van der Waals surface area contributed by atoms with E-state index in [0.29, 0.717) is 32.1 Å². The molecule has 28 heavy (non-hydrogen) atoms. The summed E-state index contributed by atoms with van der Waals surface area (Å²) < 4.78 is 0. The second-order valence-electron chi connectivity index (χ2n) is 7.24. The van der Waals surface area contributed by atoms with E-state index in [1.807, 2.05) is 30.5 Å². The highest BCUT2D eigenvalue weighted by Crippen LogP contribution is 2.24. The van der Waals surface area contributed by atoms with E-state index in [-0.39, 0.29) is 17.9 Å². The molecule has 8 nitrogen and oxygen atoms in total. The van der Waals surface area contributed by atoms with Gasteiger partial charge in [0, 0.05) is 36.6 Å². The Morgan fingerprint density at radius 1 is 1.18 bits per heavy atom. The fraction of sp³-hybridized carbons (Fsp3) is 0.450. The maximum atomic E-state index is 12.4. The molecule has 5 N–H and O–H groups in total. The Morgan fingerprint density at radius 2 is 1.89 bits per heavy atom. The minimum Gasteiger partial charge on any atom is -0.481 e. The molecule has 1 saturated carbocycles. The van der Waals surface area contributed by atoms with E-state index in [0.717, 1.165) is 16.5 Å². The molecule has 1 aliphatic rings. The minimum atomic E-state index is -0.777. The lowest BCUT2D eigenvalue weighted by atomic mass is 9.86. The summed E-state index contributed by atoms with van der Waals surface area (Å²) in [5.74, 6) is -1.38. The van der Waals surface area contributed by atoms with Crippen molar-refractivity contribution in [3.63, 3.8) is 0 Å². The summed E-state index contributed by atoms with van der Waals surface area (Å²) in [6, 6.07) is 6.61. The summed E-state index contributed by atoms with van der Waals surface area (Å²) >= 11 is 0. The van der Waals surface area contributed by atoms with Gasteiger partial charge in [-0.15, -0.1) is 0 Å². The Morgan fingerprint density at radius 3 is 2.57 bits per heavy atom. The zero-order valence-electron chi connectivity index (χ0n) is 15.8. The molecule has 0 saturated heterocycles. The van der Waals surface area contributed by atoms with Crippen LogP contribution in [0, 0.1) is 5.92 Å². The molecule has 0 spiro atoms. The molecule has 3 amide bonds. The molecule has 0 bridgehead atoms. The van der Waals surface area contributed by atoms with Crippen molar-refractivity contribution >= 4 is 28.8 Å². The van der Waals surface area contributed by atoms with Gasteiger partial charge in [0.15, 0.2) is 0 Å². The lowest BCUT2D eigenvalue weighted by Crippen LogP contribution is -2.52. The summed E-state index contributed by atoms with van der Waals surface area (Å²) in [6.45, 7) is 0. The van der Waals surface area contributed by atoms with Crippen molar-refractivity contribution in [3.8, 4) is 0 Å². The fourth-order valence-electron chi connectivity index (χ4n) is 3.77. The molecule has 1 heterocycles. The summed E-state index contributed by atoms with van der Waals surface area (Å²) in [7, 11) is 1.54. The second kappa shape index (κ2) is 8.77. The molecular formula is C20H26N4O4. The van der Waals surface area contributed by atoms with Crippen LogP contribution < -0.4 is 16.0 Å². The van der Waals surface area contributed by atoms with E-state index in [1.165, 1.54) is 7.05 Å². The molecule has 1 aromatic heterocycles. The molecule has 0 radical (unpaired) electrons. The van der Waals surface area contributed by atoms with Crippen LogP contribution in [0.3, 0.4) is 0 Å². The molecule has 3 rings (SSSR count). The van der Waals surface area contributed by atoms with Crippen LogP contribution in [0.5, 0.6) is 0 Å². The first-order chi connectivity index (χ1) is 13.5. The number of para-hydroxylation sites is 1. The topological polar surface area (TPSA) is 123 Å². The van der Waals surface area contributed by atoms with Crippen LogP contribution >= 0.6 is 0 Å². The van der Waals surface area contributed by atoms with Crippen LogP contribution in [0.2, 0.25) is 0 Å². The normalized spacial score (nSPS) is 20.3. The van der Waals surface area contributed by atoms with Gasteiger partial charge in [-0.2, -0.15) is 0 Å². The van der Waals surface area contributed by atoms with Gasteiger partial charge in [-0.3, -0.25) is 9.59 Å². The number of aromatic amines is 1. The highest BCUT2D eigenvalue weighted by Gasteiger charge is 2.28. The maximum absolute atomic E-state index is 12.4. The Labute approximate surface area is 163 Å². The molecule has 1 fully saturated rings. The molecule has 0 unspecified atom stereocenters. The van der Waals surface area contributed by atoms with Crippen molar-refractivity contribution in [2.75, 3.05) is 7.05 Å². The zero-order valence-corrected chi connectivity index (χ0v) is 15.8. The largest absolute Gasteiger partial charge is 0.481 e. The first-order valence-corrected chi connectivity index (χ1v) is 9.54. The van der Waals surface area contributed by atoms with Gasteiger partial charge in [0.1, 0.15) is 6.04 Å². The zero-order chi connectivity index (χ0) is 20.1. The Balaban J connectivity index is 1.60. The molecular weight excluding hydrogens is 360 g/mol. The molecule has 150 valence electrons. The van der Waals surface area contributed by atoms with Gasteiger partial charge < -0.3 is 26.0 Å². The smallest absolute Gasteiger partial charge is 0.315 e. The predicted molar refractivity (Wildman–Crippen MR) is 105 cm³/mol. The van der Waals surface area contributed by atoms with Crippen LogP contribution in [0.4, 0.5) is 4.79 Å². The highest BCUT2D eigenvalue weighted by molar-refractivity contribution is 5.89. The number of carbonyl (C=O) groups excluding carboxylic acids is 2. The molecule has 1 atom stereocenters. The lowest BCUT2D eigenvalue weighted by molar-refractivity contribution is -0.142. The Bertz CT molecular complexity index is 855. The Kier molecular flexibility index (Phi) is 6.18. The van der Waals surface area contributed by atoms with Gasteiger partial charge in [-0.25, -0.2) is 4.79 Å². The van der Waals surface area contributed by atoms with E-state index in [2.05, 4.69) is 20.9 Å². The molecule has 1 aliphatic carbocycles. The average Bonchev–Trinajstić information content (AvgIpc) is 3.10. The van der Waals surface area contributed by atoms with Crippen molar-refractivity contribution < 1.29 is 19.5 Å². The van der Waals surface area contributed by atoms with E-state index in [4.69, 9.17) is 5.11 Å². The van der Waals surface area contributed by atoms with E-state index < -0.39 is 18.0 Å². The van der Waals surface area contributed by atoms with Crippen molar-refractivity contribution in [3.05, 3.63) is 36.0 Å².